The Balaban J connectivity index is 3.15. The Bertz CT molecular complexity index is 258. The van der Waals surface area contributed by atoms with Gasteiger partial charge in [0.25, 0.3) is 0 Å². The normalized spacial score (nSPS) is 9.40. The van der Waals surface area contributed by atoms with Crippen LogP contribution in [0.25, 0.3) is 0 Å². The molecule has 0 aliphatic carbocycles. The van der Waals surface area contributed by atoms with E-state index in [0.717, 1.165) is 5.56 Å². The fraction of sp³-hybridized carbons (Fsp3) is 0.286. The minimum atomic E-state index is 0.0346. The van der Waals surface area contributed by atoms with E-state index in [-0.39, 0.29) is 5.78 Å². The lowest BCUT2D eigenvalue weighted by molar-refractivity contribution is 0.101. The van der Waals surface area contributed by atoms with Crippen LogP contribution in [0.5, 0.6) is 0 Å². The van der Waals surface area contributed by atoms with Gasteiger partial charge in [0, 0.05) is 5.56 Å². The van der Waals surface area contributed by atoms with Crippen LogP contribution in [0.1, 0.15) is 22.8 Å². The molecule has 1 rings (SSSR count). The maximum Gasteiger partial charge on any atom is 0.161 e. The monoisotopic (exact) mass is 136 g/mol. The van der Waals surface area contributed by atoms with Crippen LogP contribution in [-0.2, 0) is 0 Å². The second-order valence-electron chi connectivity index (χ2n) is 2.14. The molecule has 1 aromatic heterocycles. The quantitative estimate of drug-likeness (QED) is 0.540. The SMILES string of the molecule is CC(=O)c1cnncc1C. The number of Topliss-reactive ketones (excluding diaryl/α,β-unsaturated/α-hetero) is 1. The number of ketones is 1. The van der Waals surface area contributed by atoms with Crippen molar-refractivity contribution in [1.29, 1.82) is 0 Å². The van der Waals surface area contributed by atoms with E-state index in [4.69, 9.17) is 0 Å². The van der Waals surface area contributed by atoms with Crippen molar-refractivity contribution in [1.82, 2.24) is 10.2 Å². The van der Waals surface area contributed by atoms with Crippen molar-refractivity contribution in [2.24, 2.45) is 0 Å². The predicted octanol–water partition coefficient (Wildman–Crippen LogP) is 0.988. The molecule has 0 aliphatic heterocycles. The van der Waals surface area contributed by atoms with Crippen molar-refractivity contribution in [2.45, 2.75) is 13.8 Å². The zero-order valence-corrected chi connectivity index (χ0v) is 5.96. The van der Waals surface area contributed by atoms with E-state index in [1.165, 1.54) is 13.1 Å². The third-order valence-electron chi connectivity index (χ3n) is 1.31. The van der Waals surface area contributed by atoms with Gasteiger partial charge in [-0.05, 0) is 19.4 Å². The molecule has 0 amide bonds. The molecule has 0 saturated heterocycles. The van der Waals surface area contributed by atoms with E-state index in [1.54, 1.807) is 6.20 Å². The standard InChI is InChI=1S/C7H8N2O/c1-5-3-8-9-4-7(5)6(2)10/h3-4H,1-2H3. The lowest BCUT2D eigenvalue weighted by Gasteiger charge is -1.95. The van der Waals surface area contributed by atoms with Crippen LogP contribution in [-0.4, -0.2) is 16.0 Å². The highest BCUT2D eigenvalue weighted by Crippen LogP contribution is 2.02. The number of carbonyl (C=O) groups is 1. The molecule has 0 bridgehead atoms. The summed E-state index contributed by atoms with van der Waals surface area (Å²) in [6.07, 6.45) is 3.06. The molecule has 10 heavy (non-hydrogen) atoms. The van der Waals surface area contributed by atoms with Crippen molar-refractivity contribution >= 4 is 5.78 Å². The third-order valence-corrected chi connectivity index (χ3v) is 1.31. The molecule has 0 spiro atoms. The first-order valence-corrected chi connectivity index (χ1v) is 3.00. The number of aryl methyl sites for hydroxylation is 1. The number of carbonyl (C=O) groups excluding carboxylic acids is 1. The highest BCUT2D eigenvalue weighted by molar-refractivity contribution is 5.94. The Kier molecular flexibility index (Phi) is 1.76. The predicted molar refractivity (Wildman–Crippen MR) is 36.8 cm³/mol. The Morgan fingerprint density at radius 3 is 2.40 bits per heavy atom. The zero-order chi connectivity index (χ0) is 7.56. The van der Waals surface area contributed by atoms with Crippen LogP contribution in [0.4, 0.5) is 0 Å². The summed E-state index contributed by atoms with van der Waals surface area (Å²) in [5.41, 5.74) is 1.53. The van der Waals surface area contributed by atoms with Gasteiger partial charge in [0.1, 0.15) is 0 Å². The van der Waals surface area contributed by atoms with Crippen LogP contribution >= 0.6 is 0 Å². The van der Waals surface area contributed by atoms with Crippen molar-refractivity contribution in [3.63, 3.8) is 0 Å². The summed E-state index contributed by atoms with van der Waals surface area (Å²) in [5.74, 6) is 0.0346. The number of hydrogen-bond donors (Lipinski definition) is 0. The molecule has 0 atom stereocenters. The lowest BCUT2D eigenvalue weighted by Crippen LogP contribution is -1.97. The average molecular weight is 136 g/mol. The first-order chi connectivity index (χ1) is 4.72. The highest BCUT2D eigenvalue weighted by atomic mass is 16.1. The molecule has 0 radical (unpaired) electrons. The first-order valence-electron chi connectivity index (χ1n) is 3.00. The van der Waals surface area contributed by atoms with Crippen LogP contribution in [0.15, 0.2) is 12.4 Å². The van der Waals surface area contributed by atoms with Gasteiger partial charge in [-0.2, -0.15) is 10.2 Å². The van der Waals surface area contributed by atoms with E-state index >= 15 is 0 Å². The number of hydrogen-bond acceptors (Lipinski definition) is 3. The van der Waals surface area contributed by atoms with Crippen LogP contribution < -0.4 is 0 Å². The molecular formula is C7H8N2O. The summed E-state index contributed by atoms with van der Waals surface area (Å²) < 4.78 is 0. The molecular weight excluding hydrogens is 128 g/mol. The number of rotatable bonds is 1. The van der Waals surface area contributed by atoms with Gasteiger partial charge in [0.2, 0.25) is 0 Å². The topological polar surface area (TPSA) is 42.9 Å². The molecule has 52 valence electrons. The van der Waals surface area contributed by atoms with E-state index in [0.29, 0.717) is 5.56 Å². The maximum atomic E-state index is 10.8. The average Bonchev–Trinajstić information content (AvgIpc) is 1.88. The molecule has 0 saturated carbocycles. The minimum absolute atomic E-state index is 0.0346. The third kappa shape index (κ3) is 1.18. The van der Waals surface area contributed by atoms with Crippen molar-refractivity contribution in [3.8, 4) is 0 Å². The molecule has 0 fully saturated rings. The summed E-state index contributed by atoms with van der Waals surface area (Å²) in [7, 11) is 0. The lowest BCUT2D eigenvalue weighted by atomic mass is 10.1. The van der Waals surface area contributed by atoms with E-state index in [1.807, 2.05) is 6.92 Å². The molecule has 0 aromatic carbocycles. The van der Waals surface area contributed by atoms with Crippen LogP contribution in [0, 0.1) is 6.92 Å². The Hall–Kier alpha value is -1.25. The Labute approximate surface area is 59.1 Å². The number of aromatic nitrogens is 2. The van der Waals surface area contributed by atoms with Crippen molar-refractivity contribution in [2.75, 3.05) is 0 Å². The molecule has 1 heterocycles. The van der Waals surface area contributed by atoms with Gasteiger partial charge in [0.15, 0.2) is 5.78 Å². The van der Waals surface area contributed by atoms with Crippen LogP contribution in [0.3, 0.4) is 0 Å². The van der Waals surface area contributed by atoms with Crippen LogP contribution in [0.2, 0.25) is 0 Å². The van der Waals surface area contributed by atoms with Gasteiger partial charge in [-0.3, -0.25) is 4.79 Å². The van der Waals surface area contributed by atoms with Crippen molar-refractivity contribution in [3.05, 3.63) is 23.5 Å². The van der Waals surface area contributed by atoms with E-state index in [2.05, 4.69) is 10.2 Å². The zero-order valence-electron chi connectivity index (χ0n) is 5.96. The summed E-state index contributed by atoms with van der Waals surface area (Å²) in [4.78, 5) is 10.8. The van der Waals surface area contributed by atoms with Gasteiger partial charge in [0.05, 0.1) is 12.4 Å². The summed E-state index contributed by atoms with van der Waals surface area (Å²) >= 11 is 0. The first kappa shape index (κ1) is 6.86. The maximum absolute atomic E-state index is 10.8. The Morgan fingerprint density at radius 1 is 1.40 bits per heavy atom. The highest BCUT2D eigenvalue weighted by Gasteiger charge is 2.01. The van der Waals surface area contributed by atoms with E-state index < -0.39 is 0 Å². The van der Waals surface area contributed by atoms with E-state index in [9.17, 15) is 4.79 Å². The smallest absolute Gasteiger partial charge is 0.161 e. The molecule has 0 aliphatic rings. The second-order valence-corrected chi connectivity index (χ2v) is 2.14. The Morgan fingerprint density at radius 2 is 2.00 bits per heavy atom. The van der Waals surface area contributed by atoms with Gasteiger partial charge >= 0.3 is 0 Å². The van der Waals surface area contributed by atoms with Crippen molar-refractivity contribution < 1.29 is 4.79 Å². The fourth-order valence-corrected chi connectivity index (χ4v) is 0.751. The van der Waals surface area contributed by atoms with Gasteiger partial charge in [-0.1, -0.05) is 0 Å². The molecule has 3 nitrogen and oxygen atoms in total. The van der Waals surface area contributed by atoms with Gasteiger partial charge < -0.3 is 0 Å². The molecule has 1 aromatic rings. The summed E-state index contributed by atoms with van der Waals surface area (Å²) in [6.45, 7) is 3.36. The largest absolute Gasteiger partial charge is 0.294 e. The van der Waals surface area contributed by atoms with Gasteiger partial charge in [-0.25, -0.2) is 0 Å². The summed E-state index contributed by atoms with van der Waals surface area (Å²) in [5, 5.41) is 7.22. The summed E-state index contributed by atoms with van der Waals surface area (Å²) in [6, 6.07) is 0. The van der Waals surface area contributed by atoms with Gasteiger partial charge in [-0.15, -0.1) is 0 Å². The molecule has 0 N–H and O–H groups in total. The minimum Gasteiger partial charge on any atom is -0.294 e. The molecule has 0 unspecified atom stereocenters. The molecule has 3 heteroatoms. The second kappa shape index (κ2) is 2.56. The number of nitrogens with zero attached hydrogens (tertiary/aromatic N) is 2. The fourth-order valence-electron chi connectivity index (χ4n) is 0.751.